The van der Waals surface area contributed by atoms with E-state index >= 15 is 0 Å². The van der Waals surface area contributed by atoms with Crippen molar-refractivity contribution < 1.29 is 0 Å². The van der Waals surface area contributed by atoms with Gasteiger partial charge in [-0.05, 0) is 194 Å². The van der Waals surface area contributed by atoms with Crippen molar-refractivity contribution in [1.82, 2.24) is 34.9 Å². The molecule has 0 spiro atoms. The third-order valence-electron chi connectivity index (χ3n) is 28.4. The van der Waals surface area contributed by atoms with Crippen LogP contribution in [0.15, 0.2) is 407 Å². The lowest BCUT2D eigenvalue weighted by molar-refractivity contribution is 0.661. The average Bonchev–Trinajstić information content (AvgIpc) is 1.56. The molecule has 0 amide bonds. The van der Waals surface area contributed by atoms with E-state index in [2.05, 4.69) is 417 Å². The third kappa shape index (κ3) is 12.1. The third-order valence-corrected chi connectivity index (χ3v) is 28.4. The van der Waals surface area contributed by atoms with Gasteiger partial charge in [0.05, 0.1) is 67.1 Å². The molecular weight excluding hydrogens is 1590 g/mol. The van der Waals surface area contributed by atoms with Crippen molar-refractivity contribution in [1.29, 1.82) is 0 Å². The van der Waals surface area contributed by atoms with Crippen LogP contribution in [0, 0.1) is 0 Å². The standard InChI is InChI=1S/C48H33N3.C40H27N.C36H25N3/c1-48(2)39-19-11-9-17-36(39)46-44(48)43(37-18-10-12-20-42(37)51-46)33-23-21-30(22-24-33)38-29-34-25-27-40(31-13-5-3-6-14-31)49-45(34)47-35(38)26-28-41(50-47)32-15-7-4-8-16-32;1-40(2)34-16-7-5-12-32(34)39-38(40)36(33-13-6-8-17-35(33)41-39)25-20-18-24(19-21-25)26-22-23-31-28-11-4-3-10-27(28)30-15-9-14-29(26)37(30)31;1-36(2)29-13-5-3-10-26(29)34-32(36)31(27-11-4-6-14-30(27)39-34)23-17-15-22(16-18-23)28-21-24-9-7-19-37-33(24)35-25(28)12-8-20-38-35/h3-29H,1-2H3;3-23H,1-2H3;3-21H,1-2H3. The fourth-order valence-electron chi connectivity index (χ4n) is 22.2. The highest BCUT2D eigenvalue weighted by atomic mass is 14.8. The van der Waals surface area contributed by atoms with E-state index in [1.807, 2.05) is 36.7 Å². The Morgan fingerprint density at radius 2 is 0.527 bits per heavy atom. The SMILES string of the molecule is CC1(C)c2ccccc2-c2nc3ccccc3c(-c3ccc(-c4cc5ccc(-c6ccccc6)nc5c5nc(-c6ccccc6)ccc45)cc3)c21.CC1(C)c2ccccc2-c2nc3ccccc3c(-c3ccc(-c4cc5cccnc5c5ncccc45)cc3)c21.CC1(C)c2ccccc2-c2nc3ccccc3c(-c3ccc(-c4ccc5c6c(cccc46)-c4ccccc4-5)cc3)c21. The van der Waals surface area contributed by atoms with Gasteiger partial charge in [0.15, 0.2) is 0 Å². The van der Waals surface area contributed by atoms with Crippen LogP contribution >= 0.6 is 0 Å². The largest absolute Gasteiger partial charge is 0.254 e. The number of hydrogen-bond acceptors (Lipinski definition) is 7. The second kappa shape index (κ2) is 29.9. The first-order chi connectivity index (χ1) is 64.3. The van der Waals surface area contributed by atoms with E-state index in [0.717, 1.165) is 111 Å². The van der Waals surface area contributed by atoms with Crippen molar-refractivity contribution >= 4 is 87.1 Å². The number of hydrogen-bond donors (Lipinski definition) is 0. The van der Waals surface area contributed by atoms with Gasteiger partial charge in [0.1, 0.15) is 0 Å². The fourth-order valence-corrected chi connectivity index (χ4v) is 22.2. The van der Waals surface area contributed by atoms with Crippen molar-refractivity contribution in [2.45, 2.75) is 57.8 Å². The summed E-state index contributed by atoms with van der Waals surface area (Å²) in [6, 6.07) is 142. The molecule has 0 radical (unpaired) electrons. The zero-order valence-corrected chi connectivity index (χ0v) is 73.3. The molecular formula is C124H85N7. The lowest BCUT2D eigenvalue weighted by Gasteiger charge is -2.25. The summed E-state index contributed by atoms with van der Waals surface area (Å²) in [4.78, 5) is 35.5. The van der Waals surface area contributed by atoms with E-state index in [-0.39, 0.29) is 16.2 Å². The Hall–Kier alpha value is -16.4. The van der Waals surface area contributed by atoms with Crippen LogP contribution in [0.1, 0.15) is 74.9 Å². The van der Waals surface area contributed by atoms with Crippen LogP contribution in [-0.2, 0) is 16.2 Å². The van der Waals surface area contributed by atoms with E-state index in [0.29, 0.717) is 0 Å². The first-order valence-electron chi connectivity index (χ1n) is 45.3. The number of rotatable bonds is 8. The molecule has 23 aromatic rings. The van der Waals surface area contributed by atoms with Gasteiger partial charge in [-0.25, -0.2) is 24.9 Å². The molecule has 0 fully saturated rings. The molecule has 0 unspecified atom stereocenters. The summed E-state index contributed by atoms with van der Waals surface area (Å²) in [5.74, 6) is 0. The molecule has 0 aliphatic heterocycles. The predicted molar refractivity (Wildman–Crippen MR) is 545 cm³/mol. The molecule has 616 valence electrons. The quantitative estimate of drug-likeness (QED) is 0.140. The van der Waals surface area contributed by atoms with Gasteiger partial charge in [0, 0.05) is 94.2 Å². The zero-order chi connectivity index (χ0) is 87.5. The lowest BCUT2D eigenvalue weighted by atomic mass is 9.78. The van der Waals surface area contributed by atoms with Gasteiger partial charge in [-0.15, -0.1) is 0 Å². The van der Waals surface area contributed by atoms with E-state index in [9.17, 15) is 0 Å². The number of benzene rings is 16. The molecule has 0 saturated carbocycles. The van der Waals surface area contributed by atoms with Crippen LogP contribution < -0.4 is 0 Å². The minimum Gasteiger partial charge on any atom is -0.254 e. The Balaban J connectivity index is 0.000000107. The number of nitrogens with zero attached hydrogens (tertiary/aromatic N) is 7. The van der Waals surface area contributed by atoms with Crippen LogP contribution in [-0.4, -0.2) is 34.9 Å². The van der Waals surface area contributed by atoms with Crippen LogP contribution in [0.5, 0.6) is 0 Å². The summed E-state index contributed by atoms with van der Waals surface area (Å²) in [5, 5.41) is 10.6. The Morgan fingerprint density at radius 1 is 0.191 bits per heavy atom. The van der Waals surface area contributed by atoms with E-state index in [1.54, 1.807) is 0 Å². The molecule has 7 heterocycles. The zero-order valence-electron chi connectivity index (χ0n) is 73.3. The molecule has 0 saturated heterocycles. The highest BCUT2D eigenvalue weighted by molar-refractivity contribution is 6.20. The van der Waals surface area contributed by atoms with Gasteiger partial charge in [0.2, 0.25) is 0 Å². The normalized spacial score (nSPS) is 13.5. The first kappa shape index (κ1) is 77.0. The minimum atomic E-state index is -0.181. The Bertz CT molecular complexity index is 8680. The predicted octanol–water partition coefficient (Wildman–Crippen LogP) is 32.0. The molecule has 4 aliphatic rings. The van der Waals surface area contributed by atoms with Gasteiger partial charge >= 0.3 is 0 Å². The molecule has 0 bridgehead atoms. The number of aromatic nitrogens is 7. The molecule has 7 aromatic heterocycles. The second-order valence-corrected chi connectivity index (χ2v) is 36.8. The van der Waals surface area contributed by atoms with Crippen molar-refractivity contribution in [3.05, 3.63) is 440 Å². The van der Waals surface area contributed by atoms with Crippen LogP contribution in [0.3, 0.4) is 0 Å². The molecule has 7 nitrogen and oxygen atoms in total. The highest BCUT2D eigenvalue weighted by Gasteiger charge is 2.43. The fraction of sp³-hybridized carbons (Fsp3) is 0.0726. The summed E-state index contributed by atoms with van der Waals surface area (Å²) in [6.45, 7) is 14.0. The van der Waals surface area contributed by atoms with Gasteiger partial charge in [-0.2, -0.15) is 0 Å². The van der Waals surface area contributed by atoms with Crippen LogP contribution in [0.2, 0.25) is 0 Å². The monoisotopic (exact) mass is 1670 g/mol. The molecule has 16 aromatic carbocycles. The van der Waals surface area contributed by atoms with Gasteiger partial charge < -0.3 is 0 Å². The van der Waals surface area contributed by atoms with Crippen molar-refractivity contribution in [3.63, 3.8) is 0 Å². The van der Waals surface area contributed by atoms with Gasteiger partial charge in [-0.3, -0.25) is 9.97 Å². The Kier molecular flexibility index (Phi) is 17.6. The van der Waals surface area contributed by atoms with E-state index in [4.69, 9.17) is 29.9 Å². The average molecular weight is 1670 g/mol. The summed E-state index contributed by atoms with van der Waals surface area (Å²) in [6.07, 6.45) is 3.68. The summed E-state index contributed by atoms with van der Waals surface area (Å²) < 4.78 is 0. The maximum absolute atomic E-state index is 5.30. The maximum Gasteiger partial charge on any atom is 0.0978 e. The first-order valence-corrected chi connectivity index (χ1v) is 45.3. The minimum absolute atomic E-state index is 0.135. The van der Waals surface area contributed by atoms with Crippen molar-refractivity contribution in [3.8, 4) is 145 Å². The summed E-state index contributed by atoms with van der Waals surface area (Å²) in [5.41, 5.74) is 45.3. The summed E-state index contributed by atoms with van der Waals surface area (Å²) >= 11 is 0. The van der Waals surface area contributed by atoms with Crippen LogP contribution in [0.25, 0.3) is 232 Å². The molecule has 0 N–H and O–H groups in total. The topological polar surface area (TPSA) is 90.2 Å². The summed E-state index contributed by atoms with van der Waals surface area (Å²) in [7, 11) is 0. The lowest BCUT2D eigenvalue weighted by Crippen LogP contribution is -2.16. The maximum atomic E-state index is 5.30. The number of para-hydroxylation sites is 3. The Morgan fingerprint density at radius 3 is 1.00 bits per heavy atom. The molecule has 131 heavy (non-hydrogen) atoms. The molecule has 4 aliphatic carbocycles. The van der Waals surface area contributed by atoms with Crippen molar-refractivity contribution in [2.24, 2.45) is 0 Å². The second-order valence-electron chi connectivity index (χ2n) is 36.8. The number of pyridine rings is 7. The number of fused-ring (bicyclic) bond motifs is 21. The van der Waals surface area contributed by atoms with E-state index in [1.165, 1.54) is 155 Å². The van der Waals surface area contributed by atoms with Gasteiger partial charge in [0.25, 0.3) is 0 Å². The van der Waals surface area contributed by atoms with E-state index < -0.39 is 0 Å². The van der Waals surface area contributed by atoms with Gasteiger partial charge in [-0.1, -0.05) is 375 Å². The smallest absolute Gasteiger partial charge is 0.0978 e. The Labute approximate surface area is 759 Å². The molecule has 7 heteroatoms. The molecule has 27 rings (SSSR count). The van der Waals surface area contributed by atoms with Crippen molar-refractivity contribution in [2.75, 3.05) is 0 Å². The van der Waals surface area contributed by atoms with Crippen LogP contribution in [0.4, 0.5) is 0 Å². The molecule has 0 atom stereocenters. The highest BCUT2D eigenvalue weighted by Crippen LogP contribution is 2.58.